The molecule has 0 unspecified atom stereocenters. The Labute approximate surface area is 90.0 Å². The third-order valence-electron chi connectivity index (χ3n) is 1.51. The Bertz CT molecular complexity index is 293. The number of methoxy groups -OCH3 is 1. The summed E-state index contributed by atoms with van der Waals surface area (Å²) in [5, 5.41) is 6.94. The zero-order valence-electron chi connectivity index (χ0n) is 9.50. The van der Waals surface area contributed by atoms with Crippen molar-refractivity contribution in [2.75, 3.05) is 14.2 Å². The minimum Gasteiger partial charge on any atom is -0.504 e. The van der Waals surface area contributed by atoms with Crippen LogP contribution in [0.4, 0.5) is 0 Å². The lowest BCUT2D eigenvalue weighted by molar-refractivity contribution is 0.128. The third-order valence-corrected chi connectivity index (χ3v) is 1.51. The van der Waals surface area contributed by atoms with Crippen molar-refractivity contribution in [3.8, 4) is 0 Å². The van der Waals surface area contributed by atoms with E-state index < -0.39 is 0 Å². The maximum absolute atomic E-state index is 6.94. The maximum atomic E-state index is 6.94. The van der Waals surface area contributed by atoms with Gasteiger partial charge >= 0.3 is 0 Å². The van der Waals surface area contributed by atoms with Crippen LogP contribution in [0.2, 0.25) is 0 Å². The van der Waals surface area contributed by atoms with Crippen molar-refractivity contribution in [2.24, 2.45) is 4.99 Å². The van der Waals surface area contributed by atoms with Crippen molar-refractivity contribution < 1.29 is 9.57 Å². The van der Waals surface area contributed by atoms with Crippen LogP contribution in [0.3, 0.4) is 0 Å². The number of aliphatic imine (C=N–C) groups is 1. The van der Waals surface area contributed by atoms with Gasteiger partial charge in [0.15, 0.2) is 0 Å². The van der Waals surface area contributed by atoms with Crippen LogP contribution in [0, 0.1) is 5.41 Å². The molecule has 0 aliphatic rings. The summed E-state index contributed by atoms with van der Waals surface area (Å²) in [6.07, 6.45) is 4.25. The van der Waals surface area contributed by atoms with Gasteiger partial charge in [0.1, 0.15) is 12.1 Å². The Balaban J connectivity index is 4.84. The van der Waals surface area contributed by atoms with E-state index in [0.717, 1.165) is 11.9 Å². The molecular weight excluding hydrogens is 194 g/mol. The molecule has 5 nitrogen and oxygen atoms in total. The molecule has 0 aromatic heterocycles. The molecule has 0 spiro atoms. The molecule has 0 bridgehead atoms. The second kappa shape index (κ2) is 7.75. The number of allylic oxidation sites excluding steroid dienone is 3. The topological polar surface area (TPSA) is 66.7 Å². The number of rotatable bonds is 6. The number of hydroxylamine groups is 1. The van der Waals surface area contributed by atoms with Crippen LogP contribution in [0.1, 0.15) is 13.8 Å². The minimum atomic E-state index is 0.625. The summed E-state index contributed by atoms with van der Waals surface area (Å²) in [5.41, 5.74) is 4.00. The maximum Gasteiger partial charge on any atom is 0.123 e. The molecule has 0 aromatic rings. The normalized spacial score (nSPS) is 13.7. The van der Waals surface area contributed by atoms with E-state index in [1.165, 1.54) is 0 Å². The molecule has 0 radical (unpaired) electrons. The Morgan fingerprint density at radius 3 is 2.53 bits per heavy atom. The average molecular weight is 211 g/mol. The van der Waals surface area contributed by atoms with Crippen LogP contribution in [0.15, 0.2) is 28.7 Å². The summed E-state index contributed by atoms with van der Waals surface area (Å²) in [5.74, 6) is 0.655. The molecule has 0 fully saturated rings. The fourth-order valence-corrected chi connectivity index (χ4v) is 0.943. The van der Waals surface area contributed by atoms with Crippen LogP contribution in [0.5, 0.6) is 0 Å². The molecule has 0 atom stereocenters. The number of nitrogens with one attached hydrogen (secondary N) is 2. The summed E-state index contributed by atoms with van der Waals surface area (Å²) in [7, 11) is 3.23. The van der Waals surface area contributed by atoms with Crippen LogP contribution in [-0.2, 0) is 9.57 Å². The van der Waals surface area contributed by atoms with Gasteiger partial charge in [0.2, 0.25) is 0 Å². The minimum absolute atomic E-state index is 0.625. The molecule has 2 N–H and O–H groups in total. The number of ether oxygens (including phenoxy) is 1. The second-order valence-corrected chi connectivity index (χ2v) is 2.74. The molecule has 15 heavy (non-hydrogen) atoms. The lowest BCUT2D eigenvalue weighted by Gasteiger charge is -2.04. The monoisotopic (exact) mass is 211 g/mol. The van der Waals surface area contributed by atoms with E-state index in [1.54, 1.807) is 33.4 Å². The van der Waals surface area contributed by atoms with Gasteiger partial charge in [-0.15, -0.1) is 0 Å². The molecule has 0 rings (SSSR count). The highest BCUT2D eigenvalue weighted by Crippen LogP contribution is 2.03. The van der Waals surface area contributed by atoms with Crippen molar-refractivity contribution >= 4 is 12.1 Å². The fourth-order valence-electron chi connectivity index (χ4n) is 0.943. The first-order chi connectivity index (χ1) is 7.15. The lowest BCUT2D eigenvalue weighted by Crippen LogP contribution is -2.07. The first kappa shape index (κ1) is 13.4. The predicted octanol–water partition coefficient (Wildman–Crippen LogP) is 1.64. The fraction of sp³-hybridized carbons (Fsp3) is 0.400. The van der Waals surface area contributed by atoms with Gasteiger partial charge in [0.25, 0.3) is 0 Å². The van der Waals surface area contributed by atoms with Gasteiger partial charge in [-0.2, -0.15) is 5.48 Å². The molecule has 0 heterocycles. The summed E-state index contributed by atoms with van der Waals surface area (Å²) in [6.45, 7) is 3.63. The van der Waals surface area contributed by atoms with Crippen molar-refractivity contribution in [3.05, 3.63) is 23.7 Å². The summed E-state index contributed by atoms with van der Waals surface area (Å²) >= 11 is 0. The number of nitrogens with zero attached hydrogens (tertiary/aromatic N) is 1. The third kappa shape index (κ3) is 5.64. The van der Waals surface area contributed by atoms with E-state index in [9.17, 15) is 0 Å². The van der Waals surface area contributed by atoms with Crippen LogP contribution < -0.4 is 5.48 Å². The van der Waals surface area contributed by atoms with Gasteiger partial charge in [0.05, 0.1) is 19.1 Å². The van der Waals surface area contributed by atoms with Gasteiger partial charge in [-0.25, -0.2) is 4.99 Å². The molecule has 0 saturated heterocycles. The van der Waals surface area contributed by atoms with E-state index in [-0.39, 0.29) is 0 Å². The van der Waals surface area contributed by atoms with Crippen molar-refractivity contribution in [1.82, 2.24) is 5.48 Å². The van der Waals surface area contributed by atoms with Gasteiger partial charge < -0.3 is 9.57 Å². The van der Waals surface area contributed by atoms with E-state index in [1.807, 2.05) is 6.92 Å². The molecule has 0 aromatic carbocycles. The zero-order chi connectivity index (χ0) is 11.7. The van der Waals surface area contributed by atoms with E-state index in [2.05, 4.69) is 10.5 Å². The molecule has 5 heteroatoms. The van der Waals surface area contributed by atoms with E-state index in [0.29, 0.717) is 11.5 Å². The standard InChI is InChI=1S/C10H17N3O2/c1-8(6-14-4)10(13-7-11)5-9(2)15-12-3/h5-7,11-12H,1-4H3/b8-6+,9-5+,11-7?,13-10-. The molecule has 84 valence electrons. The number of hydrogen-bond acceptors (Lipinski definition) is 4. The SMILES string of the molecule is CNO/C(C)=C/C(=N/C=N)C(/C)=C/OC. The van der Waals surface area contributed by atoms with E-state index in [4.69, 9.17) is 15.0 Å². The Kier molecular flexibility index (Phi) is 6.92. The van der Waals surface area contributed by atoms with Gasteiger partial charge in [-0.05, 0) is 13.8 Å². The molecule has 0 amide bonds. The van der Waals surface area contributed by atoms with Crippen LogP contribution in [-0.4, -0.2) is 26.2 Å². The summed E-state index contributed by atoms with van der Waals surface area (Å²) in [4.78, 5) is 8.92. The van der Waals surface area contributed by atoms with Gasteiger partial charge in [-0.3, -0.25) is 5.41 Å². The molecule has 0 aliphatic heterocycles. The average Bonchev–Trinajstić information content (AvgIpc) is 2.18. The highest BCUT2D eigenvalue weighted by atomic mass is 16.6. The Morgan fingerprint density at radius 2 is 2.07 bits per heavy atom. The predicted molar refractivity (Wildman–Crippen MR) is 60.9 cm³/mol. The highest BCUT2D eigenvalue weighted by Gasteiger charge is 2.00. The van der Waals surface area contributed by atoms with Gasteiger partial charge in [-0.1, -0.05) is 0 Å². The van der Waals surface area contributed by atoms with Crippen LogP contribution in [0.25, 0.3) is 0 Å². The second-order valence-electron chi connectivity index (χ2n) is 2.74. The smallest absolute Gasteiger partial charge is 0.123 e. The largest absolute Gasteiger partial charge is 0.504 e. The molecular formula is C10H17N3O2. The van der Waals surface area contributed by atoms with E-state index >= 15 is 0 Å². The zero-order valence-corrected chi connectivity index (χ0v) is 9.50. The summed E-state index contributed by atoms with van der Waals surface area (Å²) < 4.78 is 4.87. The summed E-state index contributed by atoms with van der Waals surface area (Å²) in [6, 6.07) is 0. The number of hydrogen-bond donors (Lipinski definition) is 2. The van der Waals surface area contributed by atoms with Crippen LogP contribution >= 0.6 is 0 Å². The van der Waals surface area contributed by atoms with Gasteiger partial charge in [0, 0.05) is 18.7 Å². The Hall–Kier alpha value is -1.62. The molecule has 0 aliphatic carbocycles. The Morgan fingerprint density at radius 1 is 1.40 bits per heavy atom. The first-order valence-corrected chi connectivity index (χ1v) is 4.44. The van der Waals surface area contributed by atoms with Crippen molar-refractivity contribution in [3.63, 3.8) is 0 Å². The molecule has 0 saturated carbocycles. The van der Waals surface area contributed by atoms with Crippen molar-refractivity contribution in [2.45, 2.75) is 13.8 Å². The highest BCUT2D eigenvalue weighted by molar-refractivity contribution is 6.10. The lowest BCUT2D eigenvalue weighted by atomic mass is 10.2. The quantitative estimate of drug-likeness (QED) is 0.304. The first-order valence-electron chi connectivity index (χ1n) is 4.44. The van der Waals surface area contributed by atoms with Crippen molar-refractivity contribution in [1.29, 1.82) is 5.41 Å².